The first kappa shape index (κ1) is 28.4. The Hall–Kier alpha value is -6.42. The van der Waals surface area contributed by atoms with E-state index in [-0.39, 0.29) is 0 Å². The maximum Gasteiger partial charge on any atom is 0.159 e. The Morgan fingerprint density at radius 1 is 0.412 bits per heavy atom. The molecule has 0 amide bonds. The van der Waals surface area contributed by atoms with Gasteiger partial charge in [-0.1, -0.05) is 127 Å². The van der Waals surface area contributed by atoms with Gasteiger partial charge in [0.2, 0.25) is 0 Å². The minimum absolute atomic E-state index is 0.883. The first-order valence-electron chi connectivity index (χ1n) is 17.3. The molecule has 0 radical (unpaired) electrons. The molecule has 0 spiro atoms. The fraction of sp³-hybridized carbons (Fsp3) is 0. The molecule has 11 aromatic rings. The molecule has 0 N–H and O–H groups in total. The highest BCUT2D eigenvalue weighted by molar-refractivity contribution is 7.27. The van der Waals surface area contributed by atoms with Crippen LogP contribution in [0.15, 0.2) is 180 Å². The monoisotopic (exact) mass is 667 g/mol. The van der Waals surface area contributed by atoms with Crippen LogP contribution in [0.4, 0.5) is 17.1 Å². The Bertz CT molecular complexity index is 3140. The summed E-state index contributed by atoms with van der Waals surface area (Å²) in [6.45, 7) is 0. The summed E-state index contributed by atoms with van der Waals surface area (Å²) in [6, 6.07) is 63.6. The van der Waals surface area contributed by atoms with Crippen LogP contribution in [0.1, 0.15) is 0 Å². The summed E-state index contributed by atoms with van der Waals surface area (Å²) in [5.41, 5.74) is 7.37. The summed E-state index contributed by atoms with van der Waals surface area (Å²) in [4.78, 5) is 2.37. The minimum Gasteiger partial charge on any atom is -0.454 e. The van der Waals surface area contributed by atoms with Gasteiger partial charge in [-0.3, -0.25) is 0 Å². The Morgan fingerprint density at radius 3 is 1.92 bits per heavy atom. The predicted octanol–water partition coefficient (Wildman–Crippen LogP) is 14.6. The van der Waals surface area contributed by atoms with Crippen molar-refractivity contribution in [1.82, 2.24) is 0 Å². The van der Waals surface area contributed by atoms with Crippen molar-refractivity contribution in [2.24, 2.45) is 0 Å². The van der Waals surface area contributed by atoms with Crippen molar-refractivity contribution in [3.63, 3.8) is 0 Å². The molecule has 2 heterocycles. The molecule has 0 aliphatic carbocycles. The maximum absolute atomic E-state index is 6.91. The van der Waals surface area contributed by atoms with Crippen molar-refractivity contribution in [3.8, 4) is 11.1 Å². The molecular weight excluding hydrogens is 639 g/mol. The van der Waals surface area contributed by atoms with E-state index in [0.717, 1.165) is 33.6 Å². The average molecular weight is 668 g/mol. The van der Waals surface area contributed by atoms with Gasteiger partial charge >= 0.3 is 0 Å². The van der Waals surface area contributed by atoms with Crippen molar-refractivity contribution in [3.05, 3.63) is 176 Å². The lowest BCUT2D eigenvalue weighted by molar-refractivity contribution is 0.669. The molecule has 2 aromatic heterocycles. The van der Waals surface area contributed by atoms with Crippen molar-refractivity contribution < 1.29 is 4.42 Å². The first-order valence-corrected chi connectivity index (χ1v) is 18.2. The summed E-state index contributed by atoms with van der Waals surface area (Å²) < 4.78 is 9.48. The second kappa shape index (κ2) is 11.0. The van der Waals surface area contributed by atoms with Crippen LogP contribution in [0.25, 0.3) is 85.6 Å². The van der Waals surface area contributed by atoms with E-state index in [1.165, 1.54) is 69.0 Å². The van der Waals surface area contributed by atoms with E-state index in [0.29, 0.717) is 0 Å². The third-order valence-electron chi connectivity index (χ3n) is 10.4. The lowest BCUT2D eigenvalue weighted by atomic mass is 10.0. The topological polar surface area (TPSA) is 16.4 Å². The molecule has 0 aliphatic rings. The SMILES string of the molecule is c1ccc2cc(-c3ccc(N(c4cccc5ccccc45)c4cccc5c4oc4ccc6c(sc7ccc8ccccc8c76)c45)cc3)ccc2c1. The summed E-state index contributed by atoms with van der Waals surface area (Å²) in [5, 5.41) is 12.3. The standard InChI is InChI=1S/C48H29NOS/c1-2-12-34-29-35(20-19-30(34)9-1)31-21-24-36(25-22-31)49(41-17-7-13-32-10-3-5-14-37(32)41)42-18-8-16-39-46-43(50-47(39)42)27-26-40-45-38-15-6-4-11-33(38)23-28-44(45)51-48(40)46/h1-29H. The van der Waals surface area contributed by atoms with Gasteiger partial charge in [0.1, 0.15) is 5.58 Å². The van der Waals surface area contributed by atoms with Gasteiger partial charge in [0.05, 0.1) is 11.4 Å². The van der Waals surface area contributed by atoms with Gasteiger partial charge in [0, 0.05) is 42.0 Å². The van der Waals surface area contributed by atoms with Gasteiger partial charge in [0.15, 0.2) is 5.58 Å². The van der Waals surface area contributed by atoms with E-state index < -0.39 is 0 Å². The van der Waals surface area contributed by atoms with Gasteiger partial charge < -0.3 is 9.32 Å². The van der Waals surface area contributed by atoms with E-state index in [4.69, 9.17) is 4.42 Å². The first-order chi connectivity index (χ1) is 25.3. The highest BCUT2D eigenvalue weighted by Gasteiger charge is 2.23. The molecule has 0 bridgehead atoms. The van der Waals surface area contributed by atoms with E-state index in [9.17, 15) is 0 Å². The highest BCUT2D eigenvalue weighted by Crippen LogP contribution is 2.48. The van der Waals surface area contributed by atoms with Crippen LogP contribution in [0.5, 0.6) is 0 Å². The molecule has 51 heavy (non-hydrogen) atoms. The van der Waals surface area contributed by atoms with E-state index >= 15 is 0 Å². The van der Waals surface area contributed by atoms with Gasteiger partial charge in [-0.15, -0.1) is 11.3 Å². The van der Waals surface area contributed by atoms with Crippen LogP contribution >= 0.6 is 11.3 Å². The van der Waals surface area contributed by atoms with Crippen molar-refractivity contribution in [2.45, 2.75) is 0 Å². The largest absolute Gasteiger partial charge is 0.454 e. The Labute approximate surface area is 298 Å². The predicted molar refractivity (Wildman–Crippen MR) is 219 cm³/mol. The number of nitrogens with zero attached hydrogens (tertiary/aromatic N) is 1. The quantitative estimate of drug-likeness (QED) is 0.186. The van der Waals surface area contributed by atoms with Crippen LogP contribution in [0.2, 0.25) is 0 Å². The lowest BCUT2D eigenvalue weighted by Gasteiger charge is -2.27. The zero-order chi connectivity index (χ0) is 33.5. The second-order valence-electron chi connectivity index (χ2n) is 13.3. The summed E-state index contributed by atoms with van der Waals surface area (Å²) in [6.07, 6.45) is 0. The molecule has 11 rings (SSSR count). The number of benzene rings is 9. The second-order valence-corrected chi connectivity index (χ2v) is 14.3. The van der Waals surface area contributed by atoms with Crippen molar-refractivity contribution in [1.29, 1.82) is 0 Å². The molecule has 2 nitrogen and oxygen atoms in total. The molecular formula is C48H29NOS. The molecule has 0 saturated heterocycles. The third-order valence-corrected chi connectivity index (χ3v) is 11.6. The molecule has 238 valence electrons. The van der Waals surface area contributed by atoms with Crippen LogP contribution < -0.4 is 4.90 Å². The van der Waals surface area contributed by atoms with Gasteiger partial charge in [-0.2, -0.15) is 0 Å². The number of anilines is 3. The fourth-order valence-electron chi connectivity index (χ4n) is 8.03. The summed E-state index contributed by atoms with van der Waals surface area (Å²) in [7, 11) is 0. The Balaban J connectivity index is 1.14. The maximum atomic E-state index is 6.91. The highest BCUT2D eigenvalue weighted by atomic mass is 32.1. The molecule has 9 aromatic carbocycles. The molecule has 0 saturated carbocycles. The van der Waals surface area contributed by atoms with Gasteiger partial charge in [0.25, 0.3) is 0 Å². The summed E-state index contributed by atoms with van der Waals surface area (Å²) >= 11 is 1.86. The number of hydrogen-bond acceptors (Lipinski definition) is 3. The van der Waals surface area contributed by atoms with E-state index in [1.807, 2.05) is 11.3 Å². The Kier molecular flexibility index (Phi) is 6.16. The average Bonchev–Trinajstić information content (AvgIpc) is 3.77. The van der Waals surface area contributed by atoms with E-state index in [2.05, 4.69) is 181 Å². The van der Waals surface area contributed by atoms with Gasteiger partial charge in [-0.05, 0) is 86.6 Å². The molecule has 0 aliphatic heterocycles. The summed E-state index contributed by atoms with van der Waals surface area (Å²) in [5.74, 6) is 0. The van der Waals surface area contributed by atoms with Crippen LogP contribution in [0.3, 0.4) is 0 Å². The molecule has 3 heteroatoms. The number of rotatable bonds is 4. The third kappa shape index (κ3) is 4.35. The molecule has 0 atom stereocenters. The smallest absolute Gasteiger partial charge is 0.159 e. The van der Waals surface area contributed by atoms with Crippen molar-refractivity contribution in [2.75, 3.05) is 4.90 Å². The van der Waals surface area contributed by atoms with Gasteiger partial charge in [-0.25, -0.2) is 0 Å². The number of hydrogen-bond donors (Lipinski definition) is 0. The Morgan fingerprint density at radius 2 is 1.06 bits per heavy atom. The fourth-order valence-corrected chi connectivity index (χ4v) is 9.30. The number of para-hydroxylation sites is 1. The van der Waals surface area contributed by atoms with E-state index in [1.54, 1.807) is 0 Å². The lowest BCUT2D eigenvalue weighted by Crippen LogP contribution is -2.10. The normalized spacial score (nSPS) is 11.9. The van der Waals surface area contributed by atoms with Crippen LogP contribution in [0, 0.1) is 0 Å². The molecule has 0 unspecified atom stereocenters. The number of thiophene rings is 1. The number of furan rings is 1. The van der Waals surface area contributed by atoms with Crippen molar-refractivity contribution >= 4 is 103 Å². The molecule has 0 fully saturated rings. The number of fused-ring (bicyclic) bond motifs is 11. The zero-order valence-corrected chi connectivity index (χ0v) is 28.3. The van der Waals surface area contributed by atoms with Crippen LogP contribution in [-0.4, -0.2) is 0 Å². The minimum atomic E-state index is 0.883. The van der Waals surface area contributed by atoms with Crippen LogP contribution in [-0.2, 0) is 0 Å². The zero-order valence-electron chi connectivity index (χ0n) is 27.5.